The van der Waals surface area contributed by atoms with E-state index in [1.807, 2.05) is 22.9 Å². The average Bonchev–Trinajstić information content (AvgIpc) is 2.95. The molecule has 0 spiro atoms. The van der Waals surface area contributed by atoms with Crippen LogP contribution >= 0.6 is 0 Å². The van der Waals surface area contributed by atoms with Crippen LogP contribution in [0, 0.1) is 17.7 Å². The van der Waals surface area contributed by atoms with Gasteiger partial charge in [0.2, 0.25) is 0 Å². The second kappa shape index (κ2) is 5.73. The number of imidazole rings is 1. The molecule has 4 heteroatoms. The SMILES string of the molecule is Cc1ccn2cncc2c1C(CC1CCCCC1)N=O. The van der Waals surface area contributed by atoms with Crippen LogP contribution in [0.4, 0.5) is 0 Å². The molecule has 1 fully saturated rings. The van der Waals surface area contributed by atoms with Crippen LogP contribution < -0.4 is 0 Å². The number of nitrogens with zero attached hydrogens (tertiary/aromatic N) is 3. The van der Waals surface area contributed by atoms with Gasteiger partial charge in [-0.25, -0.2) is 4.98 Å². The van der Waals surface area contributed by atoms with Gasteiger partial charge in [-0.3, -0.25) is 0 Å². The lowest BCUT2D eigenvalue weighted by atomic mass is 9.83. The number of nitroso groups, excluding NO2 is 1. The first-order chi connectivity index (χ1) is 9.79. The van der Waals surface area contributed by atoms with Gasteiger partial charge in [-0.15, -0.1) is 0 Å². The highest BCUT2D eigenvalue weighted by atomic mass is 16.3. The molecule has 4 nitrogen and oxygen atoms in total. The summed E-state index contributed by atoms with van der Waals surface area (Å²) >= 11 is 0. The third-order valence-corrected chi connectivity index (χ3v) is 4.59. The van der Waals surface area contributed by atoms with Gasteiger partial charge in [-0.1, -0.05) is 37.3 Å². The predicted octanol–water partition coefficient (Wildman–Crippen LogP) is 4.42. The van der Waals surface area contributed by atoms with Crippen molar-refractivity contribution in [3.63, 3.8) is 0 Å². The molecule has 0 amide bonds. The average molecular weight is 271 g/mol. The molecule has 0 N–H and O–H groups in total. The van der Waals surface area contributed by atoms with Crippen LogP contribution in [-0.2, 0) is 0 Å². The van der Waals surface area contributed by atoms with Crippen molar-refractivity contribution < 1.29 is 0 Å². The number of fused-ring (bicyclic) bond motifs is 1. The van der Waals surface area contributed by atoms with Gasteiger partial charge >= 0.3 is 0 Å². The number of pyridine rings is 1. The second-order valence-electron chi connectivity index (χ2n) is 5.96. The van der Waals surface area contributed by atoms with Crippen LogP contribution in [-0.4, -0.2) is 9.38 Å². The smallest absolute Gasteiger partial charge is 0.119 e. The maximum absolute atomic E-state index is 11.4. The Morgan fingerprint density at radius 1 is 1.40 bits per heavy atom. The number of aryl methyl sites for hydroxylation is 1. The standard InChI is InChI=1S/C16H21N3O/c1-12-7-8-19-11-17-10-15(19)16(12)14(18-20)9-13-5-3-2-4-6-13/h7-8,10-11,13-14H,2-6,9H2,1H3. The first kappa shape index (κ1) is 13.3. The minimum Gasteiger partial charge on any atom is -0.306 e. The van der Waals surface area contributed by atoms with E-state index < -0.39 is 0 Å². The van der Waals surface area contributed by atoms with Crippen molar-refractivity contribution in [3.8, 4) is 0 Å². The molecule has 2 aromatic rings. The maximum Gasteiger partial charge on any atom is 0.119 e. The quantitative estimate of drug-likeness (QED) is 0.773. The molecular weight excluding hydrogens is 250 g/mol. The van der Waals surface area contributed by atoms with Crippen molar-refractivity contribution in [2.45, 2.75) is 51.5 Å². The van der Waals surface area contributed by atoms with Crippen LogP contribution in [0.2, 0.25) is 0 Å². The van der Waals surface area contributed by atoms with Crippen LogP contribution in [0.25, 0.3) is 5.52 Å². The van der Waals surface area contributed by atoms with Crippen molar-refractivity contribution in [2.24, 2.45) is 11.1 Å². The third kappa shape index (κ3) is 2.47. The predicted molar refractivity (Wildman–Crippen MR) is 79.7 cm³/mol. The van der Waals surface area contributed by atoms with E-state index >= 15 is 0 Å². The van der Waals surface area contributed by atoms with E-state index in [0.717, 1.165) is 23.1 Å². The van der Waals surface area contributed by atoms with Gasteiger partial charge in [-0.2, -0.15) is 4.91 Å². The van der Waals surface area contributed by atoms with Crippen molar-refractivity contribution in [2.75, 3.05) is 0 Å². The van der Waals surface area contributed by atoms with Gasteiger partial charge in [0.15, 0.2) is 0 Å². The Hall–Kier alpha value is -1.71. The molecule has 1 atom stereocenters. The summed E-state index contributed by atoms with van der Waals surface area (Å²) in [6.45, 7) is 2.06. The van der Waals surface area contributed by atoms with E-state index in [2.05, 4.69) is 17.1 Å². The highest BCUT2D eigenvalue weighted by molar-refractivity contribution is 5.58. The Morgan fingerprint density at radius 2 is 2.20 bits per heavy atom. The van der Waals surface area contributed by atoms with E-state index in [1.54, 1.807) is 6.33 Å². The van der Waals surface area contributed by atoms with Gasteiger partial charge in [0.05, 0.1) is 18.0 Å². The number of aromatic nitrogens is 2. The zero-order valence-electron chi connectivity index (χ0n) is 12.0. The van der Waals surface area contributed by atoms with Crippen molar-refractivity contribution >= 4 is 5.52 Å². The molecule has 3 rings (SSSR count). The molecule has 20 heavy (non-hydrogen) atoms. The molecule has 0 bridgehead atoms. The largest absolute Gasteiger partial charge is 0.306 e. The summed E-state index contributed by atoms with van der Waals surface area (Å²) in [6.07, 6.45) is 12.9. The summed E-state index contributed by atoms with van der Waals surface area (Å²) in [6, 6.07) is 1.81. The highest BCUT2D eigenvalue weighted by Crippen LogP contribution is 2.36. The topological polar surface area (TPSA) is 46.7 Å². The van der Waals surface area contributed by atoms with Gasteiger partial charge in [0, 0.05) is 11.8 Å². The summed E-state index contributed by atoms with van der Waals surface area (Å²) in [5.41, 5.74) is 3.22. The van der Waals surface area contributed by atoms with Crippen LogP contribution in [0.1, 0.15) is 55.7 Å². The monoisotopic (exact) mass is 271 g/mol. The van der Waals surface area contributed by atoms with Gasteiger partial charge in [0.1, 0.15) is 6.04 Å². The zero-order chi connectivity index (χ0) is 13.9. The number of hydrogen-bond donors (Lipinski definition) is 0. The molecule has 106 valence electrons. The summed E-state index contributed by atoms with van der Waals surface area (Å²) in [5.74, 6) is 0.647. The maximum atomic E-state index is 11.4. The zero-order valence-corrected chi connectivity index (χ0v) is 12.0. The molecule has 1 aliphatic rings. The number of hydrogen-bond acceptors (Lipinski definition) is 3. The molecule has 0 radical (unpaired) electrons. The van der Waals surface area contributed by atoms with Crippen molar-refractivity contribution in [1.29, 1.82) is 0 Å². The van der Waals surface area contributed by atoms with Crippen molar-refractivity contribution in [1.82, 2.24) is 9.38 Å². The molecule has 1 unspecified atom stereocenters. The fraction of sp³-hybridized carbons (Fsp3) is 0.562. The van der Waals surface area contributed by atoms with E-state index in [-0.39, 0.29) is 6.04 Å². The molecule has 0 aromatic carbocycles. The van der Waals surface area contributed by atoms with Gasteiger partial charge in [-0.05, 0) is 30.9 Å². The minimum absolute atomic E-state index is 0.238. The lowest BCUT2D eigenvalue weighted by Crippen LogP contribution is -2.11. The van der Waals surface area contributed by atoms with Gasteiger partial charge in [0.25, 0.3) is 0 Å². The normalized spacial score (nSPS) is 18.2. The van der Waals surface area contributed by atoms with E-state index in [9.17, 15) is 4.91 Å². The summed E-state index contributed by atoms with van der Waals surface area (Å²) in [4.78, 5) is 15.6. The first-order valence-electron chi connectivity index (χ1n) is 7.53. The van der Waals surface area contributed by atoms with E-state index in [1.165, 1.54) is 32.1 Å². The Kier molecular flexibility index (Phi) is 3.81. The van der Waals surface area contributed by atoms with Crippen LogP contribution in [0.15, 0.2) is 30.0 Å². The third-order valence-electron chi connectivity index (χ3n) is 4.59. The Labute approximate surface area is 119 Å². The molecule has 1 aliphatic carbocycles. The summed E-state index contributed by atoms with van der Waals surface area (Å²) in [7, 11) is 0. The highest BCUT2D eigenvalue weighted by Gasteiger charge is 2.24. The van der Waals surface area contributed by atoms with E-state index in [0.29, 0.717) is 5.92 Å². The molecule has 0 saturated heterocycles. The van der Waals surface area contributed by atoms with Gasteiger partial charge < -0.3 is 4.40 Å². The van der Waals surface area contributed by atoms with Crippen molar-refractivity contribution in [3.05, 3.63) is 40.8 Å². The summed E-state index contributed by atoms with van der Waals surface area (Å²) < 4.78 is 1.97. The Bertz CT molecular complexity index is 599. The fourth-order valence-corrected chi connectivity index (χ4v) is 3.50. The summed E-state index contributed by atoms with van der Waals surface area (Å²) in [5, 5.41) is 3.45. The molecular formula is C16H21N3O. The molecule has 0 aliphatic heterocycles. The number of rotatable bonds is 4. The molecule has 1 saturated carbocycles. The lowest BCUT2D eigenvalue weighted by Gasteiger charge is -2.24. The lowest BCUT2D eigenvalue weighted by molar-refractivity contribution is 0.319. The molecule has 2 aromatic heterocycles. The second-order valence-corrected chi connectivity index (χ2v) is 5.96. The fourth-order valence-electron chi connectivity index (χ4n) is 3.50. The minimum atomic E-state index is -0.238. The molecule has 2 heterocycles. The van der Waals surface area contributed by atoms with E-state index in [4.69, 9.17) is 0 Å². The Morgan fingerprint density at radius 3 is 2.95 bits per heavy atom. The van der Waals surface area contributed by atoms with Crippen LogP contribution in [0.5, 0.6) is 0 Å². The first-order valence-corrected chi connectivity index (χ1v) is 7.53. The Balaban J connectivity index is 1.91. The van der Waals surface area contributed by atoms with Crippen LogP contribution in [0.3, 0.4) is 0 Å².